The van der Waals surface area contributed by atoms with Gasteiger partial charge in [-0.2, -0.15) is 0 Å². The van der Waals surface area contributed by atoms with Crippen LogP contribution in [0.1, 0.15) is 24.7 Å². The van der Waals surface area contributed by atoms with Crippen LogP contribution in [-0.4, -0.2) is 21.2 Å². The number of fused-ring (bicyclic) bond motifs is 5. The second kappa shape index (κ2) is 4.22. The van der Waals surface area contributed by atoms with Crippen molar-refractivity contribution in [3.63, 3.8) is 0 Å². The third-order valence-electron chi connectivity index (χ3n) is 5.44. The minimum Gasteiger partial charge on any atom is -0.459 e. The molecule has 0 radical (unpaired) electrons. The van der Waals surface area contributed by atoms with E-state index in [1.165, 1.54) is 10.6 Å². The molecule has 0 saturated heterocycles. The highest BCUT2D eigenvalue weighted by atomic mass is 32.2. The van der Waals surface area contributed by atoms with Crippen molar-refractivity contribution in [1.29, 1.82) is 0 Å². The van der Waals surface area contributed by atoms with Gasteiger partial charge >= 0.3 is 0 Å². The lowest BCUT2D eigenvalue weighted by atomic mass is 9.77. The second-order valence-electron chi connectivity index (χ2n) is 6.92. The van der Waals surface area contributed by atoms with E-state index in [-0.39, 0.29) is 5.41 Å². The van der Waals surface area contributed by atoms with E-state index in [1.807, 2.05) is 30.3 Å². The Bertz CT molecular complexity index is 1110. The molecule has 2 aromatic carbocycles. The third kappa shape index (κ3) is 1.55. The fourth-order valence-electron chi connectivity index (χ4n) is 4.38. The van der Waals surface area contributed by atoms with E-state index >= 15 is 0 Å². The van der Waals surface area contributed by atoms with Gasteiger partial charge in [-0.05, 0) is 36.6 Å². The van der Waals surface area contributed by atoms with Gasteiger partial charge in [-0.3, -0.25) is 4.31 Å². The van der Waals surface area contributed by atoms with Crippen molar-refractivity contribution >= 4 is 26.7 Å². The molecular weight excluding hydrogens is 322 g/mol. The SMILES string of the molecule is CC12CCN(S(C)(=O)=O)c3cccc(c31)-c1c2oc2ccccc12. The fourth-order valence-corrected chi connectivity index (χ4v) is 5.31. The lowest BCUT2D eigenvalue weighted by Gasteiger charge is -2.38. The van der Waals surface area contributed by atoms with Crippen LogP contribution in [0.3, 0.4) is 0 Å². The molecule has 2 heterocycles. The molecule has 24 heavy (non-hydrogen) atoms. The first kappa shape index (κ1) is 14.1. The van der Waals surface area contributed by atoms with Gasteiger partial charge in [-0.25, -0.2) is 8.42 Å². The first-order valence-electron chi connectivity index (χ1n) is 8.05. The van der Waals surface area contributed by atoms with E-state index < -0.39 is 10.0 Å². The predicted octanol–water partition coefficient (Wildman–Crippen LogP) is 3.89. The van der Waals surface area contributed by atoms with Crippen molar-refractivity contribution in [3.8, 4) is 11.1 Å². The number of benzene rings is 2. The molecule has 122 valence electrons. The molecule has 4 nitrogen and oxygen atoms in total. The zero-order valence-corrected chi connectivity index (χ0v) is 14.4. The van der Waals surface area contributed by atoms with E-state index in [0.717, 1.165) is 45.5 Å². The van der Waals surface area contributed by atoms with Crippen LogP contribution < -0.4 is 4.31 Å². The van der Waals surface area contributed by atoms with Gasteiger partial charge in [0.1, 0.15) is 11.3 Å². The van der Waals surface area contributed by atoms with Gasteiger partial charge in [0.15, 0.2) is 0 Å². The van der Waals surface area contributed by atoms with Gasteiger partial charge in [-0.15, -0.1) is 0 Å². The predicted molar refractivity (Wildman–Crippen MR) is 94.9 cm³/mol. The van der Waals surface area contributed by atoms with Crippen molar-refractivity contribution < 1.29 is 12.8 Å². The molecule has 0 bridgehead atoms. The quantitative estimate of drug-likeness (QED) is 0.676. The molecule has 5 rings (SSSR count). The molecule has 2 aliphatic rings. The molecule has 1 aliphatic carbocycles. The summed E-state index contributed by atoms with van der Waals surface area (Å²) in [7, 11) is -3.29. The lowest BCUT2D eigenvalue weighted by molar-refractivity contribution is 0.410. The first-order valence-corrected chi connectivity index (χ1v) is 9.90. The lowest BCUT2D eigenvalue weighted by Crippen LogP contribution is -2.41. The summed E-state index contributed by atoms with van der Waals surface area (Å²) >= 11 is 0. The van der Waals surface area contributed by atoms with E-state index in [0.29, 0.717) is 6.54 Å². The smallest absolute Gasteiger partial charge is 0.232 e. The molecule has 0 fully saturated rings. The number of nitrogens with zero attached hydrogens (tertiary/aromatic N) is 1. The fraction of sp³-hybridized carbons (Fsp3) is 0.263. The molecule has 0 saturated carbocycles. The van der Waals surface area contributed by atoms with Crippen LogP contribution in [0, 0.1) is 0 Å². The number of hydrogen-bond acceptors (Lipinski definition) is 3. The molecule has 3 aromatic rings. The normalized spacial score (nSPS) is 21.8. The van der Waals surface area contributed by atoms with Gasteiger partial charge in [0.25, 0.3) is 0 Å². The van der Waals surface area contributed by atoms with Crippen molar-refractivity contribution in [2.75, 3.05) is 17.1 Å². The highest BCUT2D eigenvalue weighted by Crippen LogP contribution is 2.59. The number of sulfonamides is 1. The molecule has 5 heteroatoms. The summed E-state index contributed by atoms with van der Waals surface area (Å²) in [4.78, 5) is 0. The molecule has 1 unspecified atom stereocenters. The zero-order valence-electron chi connectivity index (χ0n) is 13.5. The molecular formula is C19H17NO3S. The van der Waals surface area contributed by atoms with Crippen molar-refractivity contribution in [2.24, 2.45) is 0 Å². The Morgan fingerprint density at radius 1 is 1.12 bits per heavy atom. The molecule has 0 amide bonds. The molecule has 0 N–H and O–H groups in total. The summed E-state index contributed by atoms with van der Waals surface area (Å²) < 4.78 is 32.2. The van der Waals surface area contributed by atoms with Crippen molar-refractivity contribution in [3.05, 3.63) is 53.8 Å². The van der Waals surface area contributed by atoms with Crippen LogP contribution in [-0.2, 0) is 15.4 Å². The van der Waals surface area contributed by atoms with E-state index in [2.05, 4.69) is 19.1 Å². The standard InChI is InChI=1S/C19H17NO3S/c1-19-10-11-20(24(2,21)22)14-8-5-7-13(17(14)19)16-12-6-3-4-9-15(12)23-18(16)19/h3-9H,10-11H2,1-2H3. The van der Waals surface area contributed by atoms with E-state index in [1.54, 1.807) is 0 Å². The Labute approximate surface area is 140 Å². The Balaban J connectivity index is 1.90. The summed E-state index contributed by atoms with van der Waals surface area (Å²) in [5.41, 5.74) is 4.72. The highest BCUT2D eigenvalue weighted by Gasteiger charge is 2.49. The molecule has 1 aromatic heterocycles. The van der Waals surface area contributed by atoms with Crippen LogP contribution in [0.2, 0.25) is 0 Å². The van der Waals surface area contributed by atoms with Gasteiger partial charge in [0.2, 0.25) is 10.0 Å². The molecule has 0 spiro atoms. The zero-order chi connectivity index (χ0) is 16.7. The summed E-state index contributed by atoms with van der Waals surface area (Å²) in [5.74, 6) is 0.972. The monoisotopic (exact) mass is 339 g/mol. The van der Waals surface area contributed by atoms with Crippen LogP contribution in [0.15, 0.2) is 46.9 Å². The number of furan rings is 1. The van der Waals surface area contributed by atoms with Gasteiger partial charge in [0.05, 0.1) is 17.4 Å². The number of rotatable bonds is 1. The van der Waals surface area contributed by atoms with E-state index in [9.17, 15) is 8.42 Å². The van der Waals surface area contributed by atoms with Crippen molar-refractivity contribution in [2.45, 2.75) is 18.8 Å². The highest BCUT2D eigenvalue weighted by molar-refractivity contribution is 7.92. The largest absolute Gasteiger partial charge is 0.459 e. The summed E-state index contributed by atoms with van der Waals surface area (Å²) in [5, 5.41) is 1.10. The number of hydrogen-bond donors (Lipinski definition) is 0. The Morgan fingerprint density at radius 3 is 2.71 bits per heavy atom. The average molecular weight is 339 g/mol. The number of anilines is 1. The van der Waals surface area contributed by atoms with Crippen LogP contribution >= 0.6 is 0 Å². The minimum atomic E-state index is -3.29. The minimum absolute atomic E-state index is 0.276. The van der Waals surface area contributed by atoms with Gasteiger partial charge in [0, 0.05) is 17.5 Å². The Kier molecular flexibility index (Phi) is 2.48. The van der Waals surface area contributed by atoms with Crippen molar-refractivity contribution in [1.82, 2.24) is 0 Å². The van der Waals surface area contributed by atoms with Crippen LogP contribution in [0.25, 0.3) is 22.1 Å². The van der Waals surface area contributed by atoms with Crippen LogP contribution in [0.5, 0.6) is 0 Å². The van der Waals surface area contributed by atoms with Crippen LogP contribution in [0.4, 0.5) is 5.69 Å². The number of para-hydroxylation sites is 1. The maximum atomic E-state index is 12.2. The van der Waals surface area contributed by atoms with Gasteiger partial charge in [-0.1, -0.05) is 30.3 Å². The molecule has 1 aliphatic heterocycles. The maximum Gasteiger partial charge on any atom is 0.232 e. The van der Waals surface area contributed by atoms with E-state index in [4.69, 9.17) is 4.42 Å². The summed E-state index contributed by atoms with van der Waals surface area (Å²) in [6.45, 7) is 2.64. The summed E-state index contributed by atoms with van der Waals surface area (Å²) in [6, 6.07) is 14.0. The Morgan fingerprint density at radius 2 is 1.92 bits per heavy atom. The maximum absolute atomic E-state index is 12.2. The second-order valence-corrected chi connectivity index (χ2v) is 8.83. The van der Waals surface area contributed by atoms with Gasteiger partial charge < -0.3 is 4.42 Å². The molecule has 1 atom stereocenters. The summed E-state index contributed by atoms with van der Waals surface area (Å²) in [6.07, 6.45) is 1.99. The average Bonchev–Trinajstić information content (AvgIpc) is 3.03. The topological polar surface area (TPSA) is 50.5 Å². The third-order valence-corrected chi connectivity index (χ3v) is 6.62. The first-order chi connectivity index (χ1) is 11.4. The Hall–Kier alpha value is -2.27.